The zero-order chi connectivity index (χ0) is 14.4. The molecule has 0 saturated heterocycles. The first-order valence-electron chi connectivity index (χ1n) is 7.73. The smallest absolute Gasteiger partial charge is 0.222 e. The Bertz CT molecular complexity index is 442. The predicted molar refractivity (Wildman–Crippen MR) is 82.5 cm³/mol. The number of fused-ring (bicyclic) bond motifs is 1. The molecule has 1 N–H and O–H groups in total. The molecule has 1 aromatic rings. The van der Waals surface area contributed by atoms with Gasteiger partial charge in [0.2, 0.25) is 5.91 Å². The highest BCUT2D eigenvalue weighted by atomic mass is 16.1. The van der Waals surface area contributed by atoms with Crippen molar-refractivity contribution in [3.05, 3.63) is 35.4 Å². The van der Waals surface area contributed by atoms with Gasteiger partial charge in [-0.15, -0.1) is 0 Å². The van der Waals surface area contributed by atoms with Gasteiger partial charge in [-0.1, -0.05) is 38.1 Å². The second-order valence-electron chi connectivity index (χ2n) is 5.95. The maximum Gasteiger partial charge on any atom is 0.222 e. The van der Waals surface area contributed by atoms with Crippen molar-refractivity contribution in [2.45, 2.75) is 39.7 Å². The Labute approximate surface area is 122 Å². The van der Waals surface area contributed by atoms with Crippen LogP contribution in [0.5, 0.6) is 0 Å². The van der Waals surface area contributed by atoms with Crippen LogP contribution in [-0.2, 0) is 17.8 Å². The van der Waals surface area contributed by atoms with Gasteiger partial charge in [-0.25, -0.2) is 0 Å². The number of hydrogen-bond donors (Lipinski definition) is 1. The molecule has 1 aliphatic rings. The molecule has 0 bridgehead atoms. The summed E-state index contributed by atoms with van der Waals surface area (Å²) in [7, 11) is 0. The van der Waals surface area contributed by atoms with Gasteiger partial charge in [-0.05, 0) is 36.9 Å². The Kier molecular flexibility index (Phi) is 5.60. The maximum atomic E-state index is 11.4. The summed E-state index contributed by atoms with van der Waals surface area (Å²) in [6.45, 7) is 8.04. The number of hydrogen-bond acceptors (Lipinski definition) is 2. The van der Waals surface area contributed by atoms with Crippen molar-refractivity contribution in [3.8, 4) is 0 Å². The van der Waals surface area contributed by atoms with Crippen LogP contribution in [-0.4, -0.2) is 30.4 Å². The number of unbranched alkanes of at least 4 members (excludes halogenated alkanes) is 1. The first kappa shape index (κ1) is 15.0. The van der Waals surface area contributed by atoms with Crippen LogP contribution in [0.25, 0.3) is 0 Å². The van der Waals surface area contributed by atoms with E-state index >= 15 is 0 Å². The van der Waals surface area contributed by atoms with Crippen LogP contribution in [0.2, 0.25) is 0 Å². The van der Waals surface area contributed by atoms with Gasteiger partial charge in [0.25, 0.3) is 0 Å². The van der Waals surface area contributed by atoms with E-state index in [0.717, 1.165) is 39.0 Å². The van der Waals surface area contributed by atoms with Crippen LogP contribution in [0.1, 0.15) is 37.8 Å². The van der Waals surface area contributed by atoms with E-state index in [-0.39, 0.29) is 11.8 Å². The van der Waals surface area contributed by atoms with Crippen LogP contribution < -0.4 is 5.32 Å². The van der Waals surface area contributed by atoms with Crippen LogP contribution >= 0.6 is 0 Å². The topological polar surface area (TPSA) is 32.3 Å². The molecule has 0 radical (unpaired) electrons. The van der Waals surface area contributed by atoms with Gasteiger partial charge < -0.3 is 5.32 Å². The molecule has 2 rings (SSSR count). The highest BCUT2D eigenvalue weighted by Gasteiger charge is 2.14. The normalized spacial score (nSPS) is 15.2. The van der Waals surface area contributed by atoms with Crippen molar-refractivity contribution in [2.24, 2.45) is 5.92 Å². The minimum absolute atomic E-state index is 0.0913. The molecule has 1 aliphatic heterocycles. The molecule has 3 heteroatoms. The zero-order valence-corrected chi connectivity index (χ0v) is 12.7. The lowest BCUT2D eigenvalue weighted by molar-refractivity contribution is -0.123. The van der Waals surface area contributed by atoms with Gasteiger partial charge in [0.15, 0.2) is 0 Å². The number of carbonyl (C=O) groups excluding carboxylic acids is 1. The zero-order valence-electron chi connectivity index (χ0n) is 12.7. The molecule has 0 unspecified atom stereocenters. The van der Waals surface area contributed by atoms with E-state index in [0.29, 0.717) is 0 Å². The lowest BCUT2D eigenvalue weighted by atomic mass is 10.00. The van der Waals surface area contributed by atoms with E-state index in [1.54, 1.807) is 0 Å². The Hall–Kier alpha value is -1.35. The Balaban J connectivity index is 1.63. The summed E-state index contributed by atoms with van der Waals surface area (Å²) >= 11 is 0. The summed E-state index contributed by atoms with van der Waals surface area (Å²) in [5.74, 6) is 0.255. The molecule has 3 nitrogen and oxygen atoms in total. The third-order valence-corrected chi connectivity index (χ3v) is 3.93. The van der Waals surface area contributed by atoms with Crippen molar-refractivity contribution in [1.82, 2.24) is 10.2 Å². The van der Waals surface area contributed by atoms with Crippen molar-refractivity contribution in [1.29, 1.82) is 0 Å². The van der Waals surface area contributed by atoms with E-state index in [1.807, 2.05) is 13.8 Å². The third kappa shape index (κ3) is 4.34. The van der Waals surface area contributed by atoms with Gasteiger partial charge in [0, 0.05) is 25.6 Å². The molecule has 1 heterocycles. The highest BCUT2D eigenvalue weighted by molar-refractivity contribution is 5.77. The van der Waals surface area contributed by atoms with Crippen LogP contribution in [0.3, 0.4) is 0 Å². The minimum Gasteiger partial charge on any atom is -0.356 e. The molecular formula is C17H26N2O. The number of benzene rings is 1. The van der Waals surface area contributed by atoms with E-state index in [4.69, 9.17) is 0 Å². The fourth-order valence-electron chi connectivity index (χ4n) is 2.62. The summed E-state index contributed by atoms with van der Waals surface area (Å²) in [4.78, 5) is 13.9. The number of rotatable bonds is 6. The Morgan fingerprint density at radius 1 is 1.25 bits per heavy atom. The number of amides is 1. The van der Waals surface area contributed by atoms with E-state index < -0.39 is 0 Å². The van der Waals surface area contributed by atoms with Crippen LogP contribution in [0.15, 0.2) is 24.3 Å². The summed E-state index contributed by atoms with van der Waals surface area (Å²) < 4.78 is 0. The van der Waals surface area contributed by atoms with Gasteiger partial charge in [0.1, 0.15) is 0 Å². The Morgan fingerprint density at radius 2 is 2.00 bits per heavy atom. The molecule has 0 fully saturated rings. The summed E-state index contributed by atoms with van der Waals surface area (Å²) in [5.41, 5.74) is 2.99. The molecule has 0 spiro atoms. The lowest BCUT2D eigenvalue weighted by Gasteiger charge is -2.28. The number of nitrogens with one attached hydrogen (secondary N) is 1. The molecule has 0 atom stereocenters. The van der Waals surface area contributed by atoms with Crippen molar-refractivity contribution in [2.75, 3.05) is 19.6 Å². The fourth-order valence-corrected chi connectivity index (χ4v) is 2.62. The van der Waals surface area contributed by atoms with E-state index in [1.165, 1.54) is 17.5 Å². The fraction of sp³-hybridized carbons (Fsp3) is 0.588. The number of nitrogens with zero attached hydrogens (tertiary/aromatic N) is 1. The first-order chi connectivity index (χ1) is 9.66. The lowest BCUT2D eigenvalue weighted by Crippen LogP contribution is -2.32. The maximum absolute atomic E-state index is 11.4. The quantitative estimate of drug-likeness (QED) is 0.809. The predicted octanol–water partition coefficient (Wildman–Crippen LogP) is 2.60. The average Bonchev–Trinajstić information content (AvgIpc) is 2.46. The van der Waals surface area contributed by atoms with Crippen molar-refractivity contribution in [3.63, 3.8) is 0 Å². The summed E-state index contributed by atoms with van der Waals surface area (Å²) in [5, 5.41) is 2.98. The summed E-state index contributed by atoms with van der Waals surface area (Å²) in [6, 6.07) is 8.74. The molecule has 20 heavy (non-hydrogen) atoms. The number of carbonyl (C=O) groups is 1. The van der Waals surface area contributed by atoms with Gasteiger partial charge in [-0.3, -0.25) is 9.69 Å². The third-order valence-electron chi connectivity index (χ3n) is 3.93. The SMILES string of the molecule is CC(C)C(=O)NCCCCN1CCc2ccccc2C1. The van der Waals surface area contributed by atoms with Crippen molar-refractivity contribution >= 4 is 5.91 Å². The largest absolute Gasteiger partial charge is 0.356 e. The monoisotopic (exact) mass is 274 g/mol. The van der Waals surface area contributed by atoms with Gasteiger partial charge in [0.05, 0.1) is 0 Å². The molecule has 0 saturated carbocycles. The second-order valence-corrected chi connectivity index (χ2v) is 5.95. The summed E-state index contributed by atoms with van der Waals surface area (Å²) in [6.07, 6.45) is 3.39. The second kappa shape index (κ2) is 7.44. The van der Waals surface area contributed by atoms with Crippen molar-refractivity contribution < 1.29 is 4.79 Å². The molecule has 110 valence electrons. The standard InChI is InChI=1S/C17H26N2O/c1-14(2)17(20)18-10-5-6-11-19-12-9-15-7-3-4-8-16(15)13-19/h3-4,7-8,14H,5-6,9-13H2,1-2H3,(H,18,20). The minimum atomic E-state index is 0.0913. The average molecular weight is 274 g/mol. The molecule has 1 amide bonds. The van der Waals surface area contributed by atoms with E-state index in [2.05, 4.69) is 34.5 Å². The first-order valence-corrected chi connectivity index (χ1v) is 7.73. The van der Waals surface area contributed by atoms with Gasteiger partial charge in [-0.2, -0.15) is 0 Å². The molecule has 0 aromatic heterocycles. The molecule has 0 aliphatic carbocycles. The van der Waals surface area contributed by atoms with Gasteiger partial charge >= 0.3 is 0 Å². The molecular weight excluding hydrogens is 248 g/mol. The van der Waals surface area contributed by atoms with E-state index in [9.17, 15) is 4.79 Å². The highest BCUT2D eigenvalue weighted by Crippen LogP contribution is 2.18. The van der Waals surface area contributed by atoms with Crippen LogP contribution in [0, 0.1) is 5.92 Å². The molecule has 1 aromatic carbocycles. The Morgan fingerprint density at radius 3 is 2.75 bits per heavy atom. The van der Waals surface area contributed by atoms with Crippen LogP contribution in [0.4, 0.5) is 0 Å².